The number of imidazole rings is 1. The molecule has 0 unspecified atom stereocenters. The molecule has 0 spiro atoms. The predicted octanol–water partition coefficient (Wildman–Crippen LogP) is 20.9. The van der Waals surface area contributed by atoms with Crippen molar-refractivity contribution >= 4 is 32.8 Å². The van der Waals surface area contributed by atoms with E-state index in [2.05, 4.69) is 11.3 Å². The summed E-state index contributed by atoms with van der Waals surface area (Å²) in [5, 5.41) is 1.01. The third-order valence-corrected chi connectivity index (χ3v) is 15.1. The second-order valence-electron chi connectivity index (χ2n) is 20.9. The highest BCUT2D eigenvalue weighted by atomic mass is 16.5. The van der Waals surface area contributed by atoms with E-state index in [1.54, 1.807) is 30.3 Å². The molecule has 0 amide bonds. The van der Waals surface area contributed by atoms with Gasteiger partial charge in [-0.05, 0) is 186 Å². The van der Waals surface area contributed by atoms with Crippen LogP contribution in [0.15, 0.2) is 236 Å². The quantitative estimate of drug-likeness (QED) is 0.101. The average molecular weight is 1180 g/mol. The molecule has 3 aromatic heterocycles. The molecule has 0 aliphatic heterocycles. The lowest BCUT2D eigenvalue weighted by molar-refractivity contribution is -0.571. The molecule has 3 heterocycles. The lowest BCUT2D eigenvalue weighted by Crippen LogP contribution is -2.34. The van der Waals surface area contributed by atoms with Crippen molar-refractivity contribution in [3.8, 4) is 84.3 Å². The lowest BCUT2D eigenvalue weighted by Gasteiger charge is -2.42. The molecule has 0 N–H and O–H groups in total. The van der Waals surface area contributed by atoms with Gasteiger partial charge < -0.3 is 4.74 Å². The smallest absolute Gasteiger partial charge is 0.269 e. The maximum atomic E-state index is 10.8. The van der Waals surface area contributed by atoms with E-state index in [0.717, 1.165) is 39.6 Å². The van der Waals surface area contributed by atoms with Crippen molar-refractivity contribution in [3.05, 3.63) is 270 Å². The summed E-state index contributed by atoms with van der Waals surface area (Å²) in [6, 6.07) is -3.30. The van der Waals surface area contributed by atoms with Crippen LogP contribution in [0, 0.1) is 13.2 Å². The standard InChI is InChI=1S/C82H72N4O/c1-53-42-77(83-50-68(53)56-26-17-12-18-27-56)86-73-31-20-19-30-64(73)65-36-35-63(49-75(65)86)87-62-29-21-28-61(48-62)84-52-85(74-39-34-57(47-76(74)84)54-22-13-10-14-23-54)78-66(58-32-37-69-71(45-58)80(4,5)41-40-79(69,2)3)43-60(55-24-15-11-16-25-55)44-67(78)59-33-38-70-72(46-59)82(8,9)51-81(70,6)7/h10-39,42-50H,40-41,51H2,1-9H3/i1D3,2D3,3D3,4D3,5D3,6D3,7D3,8D3,9D3,10D,11D,12D,13D,14D,15D,16D,17D,18D,22D,23D,24D,25D,26D,27D,32D,33D,37D,38D,40D2,41D2,45D,46D. The maximum Gasteiger partial charge on any atom is 0.269 e. The van der Waals surface area contributed by atoms with Gasteiger partial charge in [0.05, 0.1) is 62.2 Å². The Hall–Kier alpha value is -9.58. The van der Waals surface area contributed by atoms with Gasteiger partial charge >= 0.3 is 0 Å². The van der Waals surface area contributed by atoms with Crippen molar-refractivity contribution in [3.63, 3.8) is 0 Å². The van der Waals surface area contributed by atoms with Gasteiger partial charge in [-0.3, -0.25) is 13.7 Å². The molecule has 0 saturated heterocycles. The van der Waals surface area contributed by atoms with E-state index < -0.39 is 318 Å². The van der Waals surface area contributed by atoms with E-state index in [-0.39, 0.29) is 39.6 Å². The van der Waals surface area contributed by atoms with Crippen LogP contribution in [0.1, 0.15) is 173 Å². The van der Waals surface area contributed by atoms with Gasteiger partial charge in [-0.1, -0.05) is 218 Å². The summed E-state index contributed by atoms with van der Waals surface area (Å²) in [7, 11) is 0. The fourth-order valence-corrected chi connectivity index (χ4v) is 11.2. The van der Waals surface area contributed by atoms with E-state index in [9.17, 15) is 35.6 Å². The molecule has 15 rings (SSSR count). The van der Waals surface area contributed by atoms with Crippen LogP contribution >= 0.6 is 0 Å². The highest BCUT2D eigenvalue weighted by Gasteiger charge is 2.42. The fraction of sp³-hybridized carbons (Fsp3) is 0.195. The van der Waals surface area contributed by atoms with Crippen LogP contribution in [0.25, 0.3) is 106 Å². The van der Waals surface area contributed by atoms with E-state index in [0.29, 0.717) is 28.4 Å². The predicted molar refractivity (Wildman–Crippen MR) is 360 cm³/mol. The highest BCUT2D eigenvalue weighted by molar-refractivity contribution is 6.09. The van der Waals surface area contributed by atoms with Crippen LogP contribution in [0.5, 0.6) is 11.5 Å². The third-order valence-electron chi connectivity index (χ3n) is 15.1. The lowest BCUT2D eigenvalue weighted by atomic mass is 9.63. The Bertz CT molecular complexity index is 7310. The second kappa shape index (κ2) is 20.3. The topological polar surface area (TPSA) is 35.9 Å². The van der Waals surface area contributed by atoms with Crippen molar-refractivity contribution in [2.75, 3.05) is 0 Å². The second-order valence-corrected chi connectivity index (χ2v) is 20.9. The summed E-state index contributed by atoms with van der Waals surface area (Å²) in [4.78, 5) is 4.63. The van der Waals surface area contributed by atoms with E-state index >= 15 is 0 Å². The van der Waals surface area contributed by atoms with Gasteiger partial charge in [-0.25, -0.2) is 4.98 Å². The minimum atomic E-state index is -5.06. The Kier molecular flexibility index (Phi) is 5.12. The van der Waals surface area contributed by atoms with Gasteiger partial charge in [0, 0.05) is 71.1 Å². The Morgan fingerprint density at radius 2 is 1.10 bits per heavy atom. The van der Waals surface area contributed by atoms with Crippen molar-refractivity contribution in [2.24, 2.45) is 0 Å². The fourth-order valence-electron chi connectivity index (χ4n) is 11.2. The first kappa shape index (κ1) is 22.0. The first-order chi connectivity index (χ1) is 63.5. The molecule has 0 bridgehead atoms. The maximum absolute atomic E-state index is 10.8. The molecule has 0 fully saturated rings. The SMILES string of the molecule is [2H]c1c([2H])c([2H])c(-c2cc(-c3c([2H])c([2H])c4c(c3[2H])C(C([2H])([2H])[2H])(C([2H])([2H])[2H])CC4(C([2H])([2H])[2H])C([2H])([2H])[2H])c(-[n+]3[c-]n(-c4cccc(Oc5ccc6c7ccccc7n(-c7cc(C([2H])([2H])[2H])c(-c8c([2H])c([2H])c([2H])c([2H])c8[2H])cn7)c6c5)c4)c4cc(-c5c([2H])c([2H])c([2H])c([2H])c5[2H])ccc43)c(-c3c([2H])c([2H])c4c(c3[2H])C(C([2H])([2H])[2H])(C([2H])([2H])[2H])C([2H])([2H])C([2H])([2H])C4(C([2H])([2H])[2H])C([2H])([2H])[2H])c2)c([2H])c1[2H]. The normalized spacial score (nSPS) is 26.5. The Balaban J connectivity index is 1.14. The zero-order valence-electron chi connectivity index (χ0n) is 96.8. The van der Waals surface area contributed by atoms with Gasteiger partial charge in [0.25, 0.3) is 6.33 Å². The highest BCUT2D eigenvalue weighted by Crippen LogP contribution is 2.52. The summed E-state index contributed by atoms with van der Waals surface area (Å²) in [5.74, 6) is -0.335. The van der Waals surface area contributed by atoms with Crippen molar-refractivity contribution in [1.82, 2.24) is 14.1 Å². The molecule has 426 valence electrons. The van der Waals surface area contributed by atoms with Crippen LogP contribution in [-0.4, -0.2) is 14.1 Å². The summed E-state index contributed by atoms with van der Waals surface area (Å²) in [6.45, 7) is -39.0. The zero-order chi connectivity index (χ0) is 104. The molecule has 5 nitrogen and oxygen atoms in total. The average Bonchev–Trinajstić information content (AvgIpc) is 1.21. The van der Waals surface area contributed by atoms with Crippen LogP contribution < -0.4 is 9.30 Å². The van der Waals surface area contributed by atoms with E-state index in [1.807, 2.05) is 0 Å². The monoisotopic (exact) mass is 1180 g/mol. The number of aryl methyl sites for hydroxylation is 1. The minimum absolute atomic E-state index is 0.0539. The minimum Gasteiger partial charge on any atom is -0.458 e. The first-order valence-corrected chi connectivity index (χ1v) is 26.5. The molecule has 13 aromatic rings. The molecule has 0 saturated carbocycles. The first-order valence-electron chi connectivity index (χ1n) is 52.5. The van der Waals surface area contributed by atoms with Crippen LogP contribution in [0.3, 0.4) is 0 Å². The van der Waals surface area contributed by atoms with Crippen molar-refractivity contribution in [2.45, 2.75) is 102 Å². The Labute approximate surface area is 584 Å². The number of nitrogens with zero attached hydrogens (tertiary/aromatic N) is 4. The van der Waals surface area contributed by atoms with Crippen molar-refractivity contribution < 1.29 is 80.6 Å². The number of hydrogen-bond donors (Lipinski definition) is 0. The molecule has 87 heavy (non-hydrogen) atoms. The number of benzene rings is 10. The third kappa shape index (κ3) is 9.29. The Morgan fingerprint density at radius 3 is 1.79 bits per heavy atom. The van der Waals surface area contributed by atoms with Gasteiger partial charge in [0.15, 0.2) is 0 Å². The number of aromatic nitrogens is 4. The van der Waals surface area contributed by atoms with Gasteiger partial charge in [0.1, 0.15) is 17.3 Å². The number of rotatable bonds is 10. The molecule has 0 atom stereocenters. The van der Waals surface area contributed by atoms with Crippen molar-refractivity contribution in [1.29, 1.82) is 0 Å². The van der Waals surface area contributed by atoms with Crippen LogP contribution in [0.4, 0.5) is 0 Å². The number of para-hydroxylation sites is 1. The number of fused-ring (bicyclic) bond motifs is 6. The van der Waals surface area contributed by atoms with Gasteiger partial charge in [-0.2, -0.15) is 0 Å². The van der Waals surface area contributed by atoms with Crippen LogP contribution in [0.2, 0.25) is 0 Å². The summed E-state index contributed by atoms with van der Waals surface area (Å²) < 4.78 is 491. The molecule has 5 heteroatoms. The van der Waals surface area contributed by atoms with Gasteiger partial charge in [0.2, 0.25) is 0 Å². The van der Waals surface area contributed by atoms with E-state index in [4.69, 9.17) is 40.4 Å². The summed E-state index contributed by atoms with van der Waals surface area (Å²) in [6.07, 6.45) is -8.07. The zero-order valence-corrected chi connectivity index (χ0v) is 44.8. The number of hydrogen-bond acceptors (Lipinski definition) is 2. The summed E-state index contributed by atoms with van der Waals surface area (Å²) in [5.41, 5.74) is -36.8. The molecular formula is C82H72N4O. The summed E-state index contributed by atoms with van der Waals surface area (Å²) >= 11 is 0. The molecule has 0 radical (unpaired) electrons. The Morgan fingerprint density at radius 1 is 0.494 bits per heavy atom. The van der Waals surface area contributed by atoms with Crippen LogP contribution in [-0.2, 0) is 21.7 Å². The van der Waals surface area contributed by atoms with E-state index in [1.165, 1.54) is 41.0 Å². The molecule has 10 aromatic carbocycles. The molecule has 2 aliphatic carbocycles. The number of ether oxygens (including phenoxy) is 1. The molecular weight excluding hydrogens is 1060 g/mol. The van der Waals surface area contributed by atoms with Gasteiger partial charge in [-0.15, -0.1) is 0 Å². The largest absolute Gasteiger partial charge is 0.458 e. The number of pyridine rings is 1. The molecule has 2 aliphatic rings.